The molecular formula is C21H25NO3Si. The minimum Gasteiger partial charge on any atom is -0.497 e. The van der Waals surface area contributed by atoms with Crippen LogP contribution in [0.2, 0.25) is 19.6 Å². The largest absolute Gasteiger partial charge is 0.497 e. The Hall–Kier alpha value is -1.98. The maximum Gasteiger partial charge on any atom is 0.158 e. The van der Waals surface area contributed by atoms with Crippen molar-refractivity contribution in [2.75, 3.05) is 7.11 Å². The van der Waals surface area contributed by atoms with Crippen molar-refractivity contribution in [1.82, 2.24) is 4.98 Å². The van der Waals surface area contributed by atoms with E-state index < -0.39 is 14.2 Å². The lowest BCUT2D eigenvalue weighted by atomic mass is 9.78. The van der Waals surface area contributed by atoms with Crippen molar-refractivity contribution >= 4 is 30.3 Å². The number of hydrogen-bond donors (Lipinski definition) is 1. The van der Waals surface area contributed by atoms with E-state index in [1.807, 2.05) is 31.2 Å². The quantitative estimate of drug-likeness (QED) is 0.810. The number of allylic oxidation sites excluding steroid dienone is 2. The van der Waals surface area contributed by atoms with Crippen molar-refractivity contribution in [2.24, 2.45) is 11.8 Å². The van der Waals surface area contributed by atoms with E-state index in [0.717, 1.165) is 38.7 Å². The number of aromatic nitrogens is 1. The Morgan fingerprint density at radius 3 is 2.62 bits per heavy atom. The molecule has 5 heteroatoms. The number of hydrogen-bond acceptors (Lipinski definition) is 4. The summed E-state index contributed by atoms with van der Waals surface area (Å²) in [6.45, 7) is 8.66. The fourth-order valence-electron chi connectivity index (χ4n) is 4.50. The van der Waals surface area contributed by atoms with Gasteiger partial charge in [0.25, 0.3) is 0 Å². The molecule has 2 aliphatic carbocycles. The molecule has 0 amide bonds. The van der Waals surface area contributed by atoms with Crippen LogP contribution in [0.15, 0.2) is 29.5 Å². The predicted octanol–water partition coefficient (Wildman–Crippen LogP) is 4.15. The molecule has 0 aliphatic heterocycles. The van der Waals surface area contributed by atoms with Crippen LogP contribution in [0.25, 0.3) is 16.5 Å². The van der Waals surface area contributed by atoms with Gasteiger partial charge in [0.15, 0.2) is 5.78 Å². The SMILES string of the molecule is COc1ccc2cc3c(nc2c1)C1=C([Si](C)(C)C)C(=O)C(C)C1CC3O. The number of methoxy groups -OCH3 is 1. The van der Waals surface area contributed by atoms with Crippen molar-refractivity contribution in [3.63, 3.8) is 0 Å². The molecule has 26 heavy (non-hydrogen) atoms. The lowest BCUT2D eigenvalue weighted by molar-refractivity contribution is -0.118. The second-order valence-corrected chi connectivity index (χ2v) is 13.5. The topological polar surface area (TPSA) is 59.4 Å². The second-order valence-electron chi connectivity index (χ2n) is 8.53. The average Bonchev–Trinajstić information content (AvgIpc) is 2.85. The van der Waals surface area contributed by atoms with E-state index in [2.05, 4.69) is 19.6 Å². The number of rotatable bonds is 2. The van der Waals surface area contributed by atoms with Gasteiger partial charge >= 0.3 is 0 Å². The van der Waals surface area contributed by atoms with Crippen LogP contribution in [0, 0.1) is 11.8 Å². The number of pyridine rings is 1. The van der Waals surface area contributed by atoms with Crippen molar-refractivity contribution in [2.45, 2.75) is 39.1 Å². The van der Waals surface area contributed by atoms with Crippen LogP contribution >= 0.6 is 0 Å². The number of Topliss-reactive ketones (excluding diaryl/α,β-unsaturated/α-hetero) is 1. The first kappa shape index (κ1) is 17.4. The normalized spacial score (nSPS) is 25.5. The first-order chi connectivity index (χ1) is 12.2. The van der Waals surface area contributed by atoms with Gasteiger partial charge in [0.2, 0.25) is 0 Å². The average molecular weight is 368 g/mol. The minimum absolute atomic E-state index is 0.0716. The molecule has 1 aromatic carbocycles. The van der Waals surface area contributed by atoms with Gasteiger partial charge in [-0.15, -0.1) is 0 Å². The highest BCUT2D eigenvalue weighted by Crippen LogP contribution is 2.52. The molecule has 0 saturated carbocycles. The smallest absolute Gasteiger partial charge is 0.158 e. The van der Waals surface area contributed by atoms with Gasteiger partial charge < -0.3 is 9.84 Å². The van der Waals surface area contributed by atoms with Crippen LogP contribution < -0.4 is 4.74 Å². The Morgan fingerprint density at radius 2 is 1.96 bits per heavy atom. The Labute approximate surface area is 154 Å². The molecule has 136 valence electrons. The molecule has 1 N–H and O–H groups in total. The standard InChI is InChI=1S/C21H25NO3Si/c1-11-14-10-17(23)15-8-12-6-7-13(25-2)9-16(12)22-19(15)18(14)21(20(11)24)26(3,4)5/h6-9,11,14,17,23H,10H2,1-5H3. The number of fused-ring (bicyclic) bond motifs is 4. The zero-order valence-corrected chi connectivity index (χ0v) is 17.0. The highest BCUT2D eigenvalue weighted by Gasteiger charge is 2.48. The third-order valence-electron chi connectivity index (χ3n) is 5.80. The molecule has 3 atom stereocenters. The highest BCUT2D eigenvalue weighted by molar-refractivity contribution is 6.88. The highest BCUT2D eigenvalue weighted by atomic mass is 28.3. The van der Waals surface area contributed by atoms with Crippen LogP contribution in [0.3, 0.4) is 0 Å². The lowest BCUT2D eigenvalue weighted by Crippen LogP contribution is -2.29. The molecule has 0 saturated heterocycles. The third kappa shape index (κ3) is 2.45. The summed E-state index contributed by atoms with van der Waals surface area (Å²) in [5, 5.41) is 12.8. The molecule has 1 aromatic heterocycles. The molecule has 4 rings (SSSR count). The summed E-state index contributed by atoms with van der Waals surface area (Å²) in [7, 11) is -0.188. The van der Waals surface area contributed by atoms with Crippen LogP contribution in [-0.2, 0) is 4.79 Å². The molecule has 0 bridgehead atoms. The zero-order chi connectivity index (χ0) is 18.8. The van der Waals surface area contributed by atoms with E-state index >= 15 is 0 Å². The second kappa shape index (κ2) is 5.76. The summed E-state index contributed by atoms with van der Waals surface area (Å²) >= 11 is 0. The molecule has 2 aliphatic rings. The number of nitrogens with zero attached hydrogens (tertiary/aromatic N) is 1. The first-order valence-corrected chi connectivity index (χ1v) is 12.7. The van der Waals surface area contributed by atoms with E-state index in [0.29, 0.717) is 6.42 Å². The molecular weight excluding hydrogens is 342 g/mol. The summed E-state index contributed by atoms with van der Waals surface area (Å²) in [5.41, 5.74) is 3.62. The van der Waals surface area contributed by atoms with Crippen LogP contribution in [0.4, 0.5) is 0 Å². The van der Waals surface area contributed by atoms with Crippen LogP contribution in [0.1, 0.15) is 30.7 Å². The molecule has 3 unspecified atom stereocenters. The van der Waals surface area contributed by atoms with E-state index in [1.165, 1.54) is 0 Å². The van der Waals surface area contributed by atoms with Gasteiger partial charge in [-0.3, -0.25) is 4.79 Å². The minimum atomic E-state index is -1.83. The first-order valence-electron chi connectivity index (χ1n) is 9.18. The number of ether oxygens (including phenoxy) is 1. The summed E-state index contributed by atoms with van der Waals surface area (Å²) in [6.07, 6.45) is 0.0287. The van der Waals surface area contributed by atoms with Crippen molar-refractivity contribution in [3.8, 4) is 5.75 Å². The Bertz CT molecular complexity index is 958. The molecule has 2 aromatic rings. The fraction of sp³-hybridized carbons (Fsp3) is 0.429. The summed E-state index contributed by atoms with van der Waals surface area (Å²) in [5.74, 6) is 1.02. The summed E-state index contributed by atoms with van der Waals surface area (Å²) in [6, 6.07) is 7.82. The number of carbonyl (C=O) groups excluding carboxylic acids is 1. The van der Waals surface area contributed by atoms with Gasteiger partial charge in [-0.05, 0) is 41.3 Å². The van der Waals surface area contributed by atoms with E-state index in [1.54, 1.807) is 7.11 Å². The summed E-state index contributed by atoms with van der Waals surface area (Å²) in [4.78, 5) is 18.0. The third-order valence-corrected chi connectivity index (χ3v) is 7.81. The van der Waals surface area contributed by atoms with E-state index in [4.69, 9.17) is 9.72 Å². The van der Waals surface area contributed by atoms with Crippen molar-refractivity contribution in [3.05, 3.63) is 40.7 Å². The maximum absolute atomic E-state index is 13.0. The molecule has 1 heterocycles. The van der Waals surface area contributed by atoms with Crippen LogP contribution in [0.5, 0.6) is 5.75 Å². The zero-order valence-electron chi connectivity index (χ0n) is 16.0. The van der Waals surface area contributed by atoms with Gasteiger partial charge in [-0.2, -0.15) is 0 Å². The number of carbonyl (C=O) groups is 1. The molecule has 0 spiro atoms. The maximum atomic E-state index is 13.0. The number of benzene rings is 1. The number of aliphatic hydroxyl groups is 1. The molecule has 0 fully saturated rings. The van der Waals surface area contributed by atoms with Gasteiger partial charge in [0, 0.05) is 22.9 Å². The summed E-state index contributed by atoms with van der Waals surface area (Å²) < 4.78 is 5.33. The number of ketones is 1. The van der Waals surface area contributed by atoms with Crippen molar-refractivity contribution in [1.29, 1.82) is 0 Å². The lowest BCUT2D eigenvalue weighted by Gasteiger charge is -2.31. The Kier molecular flexibility index (Phi) is 3.86. The Balaban J connectivity index is 2.04. The predicted molar refractivity (Wildman–Crippen MR) is 106 cm³/mol. The monoisotopic (exact) mass is 367 g/mol. The van der Waals surface area contributed by atoms with E-state index in [9.17, 15) is 9.90 Å². The van der Waals surface area contributed by atoms with Gasteiger partial charge in [-0.25, -0.2) is 4.98 Å². The van der Waals surface area contributed by atoms with Crippen molar-refractivity contribution < 1.29 is 14.6 Å². The van der Waals surface area contributed by atoms with E-state index in [-0.39, 0.29) is 17.6 Å². The molecule has 0 radical (unpaired) electrons. The Morgan fingerprint density at radius 1 is 1.23 bits per heavy atom. The van der Waals surface area contributed by atoms with Gasteiger partial charge in [-0.1, -0.05) is 26.6 Å². The van der Waals surface area contributed by atoms with Gasteiger partial charge in [0.1, 0.15) is 5.75 Å². The number of aliphatic hydroxyl groups excluding tert-OH is 1. The van der Waals surface area contributed by atoms with Gasteiger partial charge in [0.05, 0.1) is 32.5 Å². The molecule has 4 nitrogen and oxygen atoms in total. The fourth-order valence-corrected chi connectivity index (χ4v) is 6.57. The van der Waals surface area contributed by atoms with Crippen LogP contribution in [-0.4, -0.2) is 31.1 Å².